The second kappa shape index (κ2) is 10.5. The van der Waals surface area contributed by atoms with Gasteiger partial charge in [-0.15, -0.1) is 13.2 Å². The number of carbonyl (C=O) groups excluding carboxylic acids is 1. The molecule has 0 aliphatic heterocycles. The highest BCUT2D eigenvalue weighted by atomic mass is 35.5. The number of halogens is 4. The van der Waals surface area contributed by atoms with Crippen molar-refractivity contribution < 1.29 is 31.1 Å². The van der Waals surface area contributed by atoms with E-state index >= 15 is 0 Å². The molecule has 3 rings (SSSR count). The Morgan fingerprint density at radius 1 is 0.971 bits per heavy atom. The Hall–Kier alpha value is -3.08. The van der Waals surface area contributed by atoms with Crippen molar-refractivity contribution in [3.05, 3.63) is 95.0 Å². The SMILES string of the molecule is NC(=O)[C@@H](c1ccccc1)N(CCc1ccc(OC(F)(F)F)cc1)S(=O)(=O)c1ccc(Cl)cc1. The highest BCUT2D eigenvalue weighted by molar-refractivity contribution is 7.89. The van der Waals surface area contributed by atoms with Gasteiger partial charge in [0.15, 0.2) is 0 Å². The van der Waals surface area contributed by atoms with E-state index in [1.54, 1.807) is 30.3 Å². The molecule has 34 heavy (non-hydrogen) atoms. The van der Waals surface area contributed by atoms with Crippen LogP contribution in [0.5, 0.6) is 5.75 Å². The first-order valence-electron chi connectivity index (χ1n) is 9.94. The molecule has 0 aliphatic carbocycles. The zero-order valence-electron chi connectivity index (χ0n) is 17.6. The van der Waals surface area contributed by atoms with Gasteiger partial charge >= 0.3 is 6.36 Å². The fourth-order valence-corrected chi connectivity index (χ4v) is 5.05. The van der Waals surface area contributed by atoms with Crippen molar-refractivity contribution in [3.63, 3.8) is 0 Å². The molecule has 6 nitrogen and oxygen atoms in total. The molecule has 11 heteroatoms. The van der Waals surface area contributed by atoms with Crippen molar-refractivity contribution in [2.45, 2.75) is 23.7 Å². The number of nitrogens with zero attached hydrogens (tertiary/aromatic N) is 1. The number of nitrogens with two attached hydrogens (primary N) is 1. The summed E-state index contributed by atoms with van der Waals surface area (Å²) in [6.45, 7) is -0.174. The van der Waals surface area contributed by atoms with E-state index in [0.29, 0.717) is 16.1 Å². The third-order valence-electron chi connectivity index (χ3n) is 4.87. The first-order chi connectivity index (χ1) is 16.0. The molecule has 0 fully saturated rings. The molecule has 0 saturated carbocycles. The second-order valence-corrected chi connectivity index (χ2v) is 9.55. The topological polar surface area (TPSA) is 89.7 Å². The van der Waals surface area contributed by atoms with Crippen molar-refractivity contribution in [2.75, 3.05) is 6.54 Å². The maximum Gasteiger partial charge on any atom is 0.573 e. The van der Waals surface area contributed by atoms with Gasteiger partial charge in [0.2, 0.25) is 15.9 Å². The molecule has 2 N–H and O–H groups in total. The molecule has 0 heterocycles. The molecule has 3 aromatic carbocycles. The lowest BCUT2D eigenvalue weighted by Crippen LogP contribution is -2.42. The van der Waals surface area contributed by atoms with E-state index in [-0.39, 0.29) is 17.9 Å². The Morgan fingerprint density at radius 2 is 1.56 bits per heavy atom. The van der Waals surface area contributed by atoms with E-state index in [1.165, 1.54) is 36.4 Å². The number of rotatable bonds is 9. The van der Waals surface area contributed by atoms with Crippen LogP contribution in [0.2, 0.25) is 5.02 Å². The quantitative estimate of drug-likeness (QED) is 0.450. The van der Waals surface area contributed by atoms with E-state index in [1.807, 2.05) is 0 Å². The van der Waals surface area contributed by atoms with Crippen molar-refractivity contribution >= 4 is 27.5 Å². The van der Waals surface area contributed by atoms with Crippen LogP contribution in [-0.4, -0.2) is 31.5 Å². The number of hydrogen-bond donors (Lipinski definition) is 1. The van der Waals surface area contributed by atoms with Gasteiger partial charge in [0, 0.05) is 11.6 Å². The monoisotopic (exact) mass is 512 g/mol. The zero-order chi connectivity index (χ0) is 24.9. The van der Waals surface area contributed by atoms with Gasteiger partial charge in [-0.2, -0.15) is 4.31 Å². The van der Waals surface area contributed by atoms with Gasteiger partial charge in [0.25, 0.3) is 0 Å². The van der Waals surface area contributed by atoms with Gasteiger partial charge in [-0.25, -0.2) is 8.42 Å². The summed E-state index contributed by atoms with van der Waals surface area (Å²) in [6, 6.07) is 17.4. The number of primary amides is 1. The van der Waals surface area contributed by atoms with Crippen LogP contribution >= 0.6 is 11.6 Å². The van der Waals surface area contributed by atoms with Gasteiger partial charge in [0.05, 0.1) is 4.90 Å². The molecule has 0 unspecified atom stereocenters. The summed E-state index contributed by atoms with van der Waals surface area (Å²) in [6.07, 6.45) is -4.73. The number of amides is 1. The smallest absolute Gasteiger partial charge is 0.406 e. The van der Waals surface area contributed by atoms with Crippen LogP contribution in [0.1, 0.15) is 17.2 Å². The number of hydrogen-bond acceptors (Lipinski definition) is 4. The Morgan fingerprint density at radius 3 is 2.09 bits per heavy atom. The number of carbonyl (C=O) groups is 1. The van der Waals surface area contributed by atoms with Crippen LogP contribution in [0, 0.1) is 0 Å². The highest BCUT2D eigenvalue weighted by Crippen LogP contribution is 2.29. The Bertz CT molecular complexity index is 1220. The van der Waals surface area contributed by atoms with Crippen LogP contribution in [0.25, 0.3) is 0 Å². The minimum absolute atomic E-state index is 0.0898. The maximum absolute atomic E-state index is 13.5. The predicted octanol–water partition coefficient (Wildman–Crippen LogP) is 4.70. The minimum atomic E-state index is -4.82. The van der Waals surface area contributed by atoms with E-state index in [0.717, 1.165) is 16.4 Å². The number of alkyl halides is 3. The van der Waals surface area contributed by atoms with E-state index < -0.39 is 34.1 Å². The summed E-state index contributed by atoms with van der Waals surface area (Å²) < 4.78 is 69.1. The Kier molecular flexibility index (Phi) is 7.86. The first-order valence-corrected chi connectivity index (χ1v) is 11.8. The molecule has 0 aliphatic rings. The summed E-state index contributed by atoms with van der Waals surface area (Å²) >= 11 is 5.88. The standard InChI is InChI=1S/C23H20ClF3N2O4S/c24-18-8-12-20(13-9-18)34(31,32)29(21(22(28)30)17-4-2-1-3-5-17)15-14-16-6-10-19(11-7-16)33-23(25,26)27/h1-13,21H,14-15H2,(H2,28,30)/t21-/m1/s1. The van der Waals surface area contributed by atoms with E-state index in [2.05, 4.69) is 4.74 Å². The molecule has 0 radical (unpaired) electrons. The molecule has 1 amide bonds. The van der Waals surface area contributed by atoms with Crippen LogP contribution in [0.4, 0.5) is 13.2 Å². The molecular formula is C23H20ClF3N2O4S. The molecule has 180 valence electrons. The summed E-state index contributed by atoms with van der Waals surface area (Å²) in [4.78, 5) is 12.3. The lowest BCUT2D eigenvalue weighted by atomic mass is 10.1. The average molecular weight is 513 g/mol. The lowest BCUT2D eigenvalue weighted by molar-refractivity contribution is -0.274. The minimum Gasteiger partial charge on any atom is -0.406 e. The zero-order valence-corrected chi connectivity index (χ0v) is 19.1. The fourth-order valence-electron chi connectivity index (χ4n) is 3.33. The van der Waals surface area contributed by atoms with Gasteiger partial charge in [-0.3, -0.25) is 4.79 Å². The first kappa shape index (κ1) is 25.5. The molecule has 0 bridgehead atoms. The van der Waals surface area contributed by atoms with Crippen molar-refractivity contribution in [1.82, 2.24) is 4.31 Å². The van der Waals surface area contributed by atoms with E-state index in [4.69, 9.17) is 17.3 Å². The van der Waals surface area contributed by atoms with Crippen molar-refractivity contribution in [1.29, 1.82) is 0 Å². The molecule has 0 saturated heterocycles. The Labute approximate surface area is 199 Å². The number of benzene rings is 3. The van der Waals surface area contributed by atoms with Crippen LogP contribution in [0.3, 0.4) is 0 Å². The maximum atomic E-state index is 13.5. The number of sulfonamides is 1. The van der Waals surface area contributed by atoms with E-state index in [9.17, 15) is 26.4 Å². The fraction of sp³-hybridized carbons (Fsp3) is 0.174. The van der Waals surface area contributed by atoms with Crippen LogP contribution < -0.4 is 10.5 Å². The third kappa shape index (κ3) is 6.49. The summed E-state index contributed by atoms with van der Waals surface area (Å²) in [7, 11) is -4.21. The molecular weight excluding hydrogens is 493 g/mol. The molecule has 1 atom stereocenters. The Balaban J connectivity index is 1.95. The highest BCUT2D eigenvalue weighted by Gasteiger charge is 2.36. The largest absolute Gasteiger partial charge is 0.573 e. The van der Waals surface area contributed by atoms with Crippen LogP contribution in [0.15, 0.2) is 83.8 Å². The molecule has 3 aromatic rings. The lowest BCUT2D eigenvalue weighted by Gasteiger charge is -2.29. The van der Waals surface area contributed by atoms with Gasteiger partial charge in [0.1, 0.15) is 11.8 Å². The van der Waals surface area contributed by atoms with Gasteiger partial charge < -0.3 is 10.5 Å². The molecule has 0 aromatic heterocycles. The van der Waals surface area contributed by atoms with Crippen LogP contribution in [-0.2, 0) is 21.2 Å². The van der Waals surface area contributed by atoms with Gasteiger partial charge in [-0.05, 0) is 53.9 Å². The normalized spacial score (nSPS) is 13.0. The molecule has 0 spiro atoms. The van der Waals surface area contributed by atoms with Crippen molar-refractivity contribution in [2.24, 2.45) is 5.73 Å². The summed E-state index contributed by atoms with van der Waals surface area (Å²) in [5, 5.41) is 0.334. The third-order valence-corrected chi connectivity index (χ3v) is 7.00. The second-order valence-electron chi connectivity index (χ2n) is 7.23. The van der Waals surface area contributed by atoms with Crippen molar-refractivity contribution in [3.8, 4) is 5.75 Å². The average Bonchev–Trinajstić information content (AvgIpc) is 2.77. The number of ether oxygens (including phenoxy) is 1. The predicted molar refractivity (Wildman–Crippen MR) is 121 cm³/mol. The summed E-state index contributed by atoms with van der Waals surface area (Å²) in [5.74, 6) is -1.28. The van der Waals surface area contributed by atoms with Gasteiger partial charge in [-0.1, -0.05) is 54.1 Å². The summed E-state index contributed by atoms with van der Waals surface area (Å²) in [5.41, 5.74) is 6.53.